The summed E-state index contributed by atoms with van der Waals surface area (Å²) in [5.74, 6) is -0.0295. The fraction of sp³-hybridized carbons (Fsp3) is 0.310. The first-order valence-electron chi connectivity index (χ1n) is 12.8. The zero-order valence-electron chi connectivity index (χ0n) is 22.5. The summed E-state index contributed by atoms with van der Waals surface area (Å²) in [6, 6.07) is 19.9. The van der Waals surface area contributed by atoms with Crippen molar-refractivity contribution in [1.29, 1.82) is 0 Å². The summed E-state index contributed by atoms with van der Waals surface area (Å²) < 4.78 is 37.6. The lowest BCUT2D eigenvalue weighted by Crippen LogP contribution is -2.54. The van der Waals surface area contributed by atoms with Gasteiger partial charge < -0.3 is 19.7 Å². The first-order valence-corrected chi connectivity index (χ1v) is 15.0. The zero-order chi connectivity index (χ0) is 28.9. The van der Waals surface area contributed by atoms with Gasteiger partial charge in [0.05, 0.1) is 11.9 Å². The largest absolute Gasteiger partial charge is 0.454 e. The Morgan fingerprint density at radius 1 is 0.950 bits per heavy atom. The zero-order valence-corrected chi connectivity index (χ0v) is 24.1. The van der Waals surface area contributed by atoms with Crippen LogP contribution in [-0.4, -0.2) is 56.8 Å². The molecular weight excluding hydrogens is 554 g/mol. The number of nitrogens with zero attached hydrogens (tertiary/aromatic N) is 2. The van der Waals surface area contributed by atoms with Gasteiger partial charge >= 0.3 is 0 Å². The summed E-state index contributed by atoms with van der Waals surface area (Å²) in [5.41, 5.74) is 1.80. The molecule has 1 aliphatic heterocycles. The lowest BCUT2D eigenvalue weighted by atomic mass is 10.0. The Morgan fingerprint density at radius 3 is 2.33 bits per heavy atom. The van der Waals surface area contributed by atoms with Gasteiger partial charge in [-0.05, 0) is 49.2 Å². The molecule has 1 aliphatic rings. The predicted molar refractivity (Wildman–Crippen MR) is 154 cm³/mol. The molecule has 3 aromatic carbocycles. The van der Waals surface area contributed by atoms with Crippen LogP contribution in [0.1, 0.15) is 25.0 Å². The number of ether oxygens (including phenoxy) is 2. The van der Waals surface area contributed by atoms with Crippen LogP contribution in [0.5, 0.6) is 11.5 Å². The number of benzene rings is 3. The highest BCUT2D eigenvalue weighted by molar-refractivity contribution is 7.92. The molecule has 2 amide bonds. The molecule has 1 atom stereocenters. The van der Waals surface area contributed by atoms with Crippen molar-refractivity contribution >= 4 is 39.1 Å². The number of hydrogen-bond acceptors (Lipinski definition) is 6. The van der Waals surface area contributed by atoms with Crippen LogP contribution >= 0.6 is 11.6 Å². The molecule has 0 radical (unpaired) electrons. The van der Waals surface area contributed by atoms with Crippen LogP contribution in [0.4, 0.5) is 5.69 Å². The molecular formula is C29H32ClN3O6S. The third-order valence-corrected chi connectivity index (χ3v) is 7.64. The van der Waals surface area contributed by atoms with Gasteiger partial charge in [0, 0.05) is 30.1 Å². The second-order valence-corrected chi connectivity index (χ2v) is 12.2. The van der Waals surface area contributed by atoms with Crippen LogP contribution in [0.3, 0.4) is 0 Å². The second kappa shape index (κ2) is 12.6. The first kappa shape index (κ1) is 29.2. The molecule has 1 N–H and O–H groups in total. The minimum Gasteiger partial charge on any atom is -0.454 e. The summed E-state index contributed by atoms with van der Waals surface area (Å²) in [6.07, 6.45) is 1.26. The fourth-order valence-corrected chi connectivity index (χ4v) is 5.48. The molecule has 4 rings (SSSR count). The third-order valence-electron chi connectivity index (χ3n) is 6.27. The third kappa shape index (κ3) is 7.45. The number of sulfonamides is 1. The second-order valence-electron chi connectivity index (χ2n) is 9.83. The maximum Gasteiger partial charge on any atom is 0.244 e. The summed E-state index contributed by atoms with van der Waals surface area (Å²) in [7, 11) is -3.90. The number of fused-ring (bicyclic) bond motifs is 1. The maximum absolute atomic E-state index is 14.1. The van der Waals surface area contributed by atoms with Gasteiger partial charge in [-0.15, -0.1) is 0 Å². The number of halogens is 1. The van der Waals surface area contributed by atoms with E-state index in [9.17, 15) is 18.0 Å². The van der Waals surface area contributed by atoms with Crippen molar-refractivity contribution in [3.05, 3.63) is 88.9 Å². The van der Waals surface area contributed by atoms with Crippen LogP contribution in [0, 0.1) is 0 Å². The van der Waals surface area contributed by atoms with Crippen molar-refractivity contribution in [3.63, 3.8) is 0 Å². The van der Waals surface area contributed by atoms with Gasteiger partial charge in [-0.3, -0.25) is 13.9 Å². The summed E-state index contributed by atoms with van der Waals surface area (Å²) in [4.78, 5) is 29.0. The molecule has 0 unspecified atom stereocenters. The van der Waals surface area contributed by atoms with E-state index < -0.39 is 28.5 Å². The molecule has 0 aromatic heterocycles. The van der Waals surface area contributed by atoms with E-state index in [2.05, 4.69) is 5.32 Å². The van der Waals surface area contributed by atoms with E-state index in [1.54, 1.807) is 36.4 Å². The summed E-state index contributed by atoms with van der Waals surface area (Å²) in [6.45, 7) is 3.22. The van der Waals surface area contributed by atoms with Gasteiger partial charge in [0.15, 0.2) is 11.5 Å². The highest BCUT2D eigenvalue weighted by Crippen LogP contribution is 2.36. The number of rotatable bonds is 11. The lowest BCUT2D eigenvalue weighted by molar-refractivity contribution is -0.140. The molecule has 40 heavy (non-hydrogen) atoms. The number of hydrogen-bond donors (Lipinski definition) is 1. The molecule has 0 saturated carbocycles. The summed E-state index contributed by atoms with van der Waals surface area (Å²) in [5, 5.41) is 3.40. The average molecular weight is 586 g/mol. The quantitative estimate of drug-likeness (QED) is 0.365. The highest BCUT2D eigenvalue weighted by atomic mass is 35.5. The Morgan fingerprint density at radius 2 is 1.65 bits per heavy atom. The van der Waals surface area contributed by atoms with Gasteiger partial charge in [0.2, 0.25) is 28.6 Å². The van der Waals surface area contributed by atoms with Crippen molar-refractivity contribution in [1.82, 2.24) is 10.2 Å². The average Bonchev–Trinajstić information content (AvgIpc) is 3.36. The number of amides is 2. The fourth-order valence-electron chi connectivity index (χ4n) is 4.42. The minimum atomic E-state index is -3.90. The smallest absolute Gasteiger partial charge is 0.244 e. The van der Waals surface area contributed by atoms with E-state index in [-0.39, 0.29) is 37.4 Å². The topological polar surface area (TPSA) is 105 Å². The Kier molecular flexibility index (Phi) is 9.21. The molecule has 212 valence electrons. The van der Waals surface area contributed by atoms with Crippen molar-refractivity contribution in [2.45, 2.75) is 38.9 Å². The molecule has 9 nitrogen and oxygen atoms in total. The van der Waals surface area contributed by atoms with Crippen LogP contribution in [0.15, 0.2) is 72.8 Å². The molecule has 0 bridgehead atoms. The number of carbonyl (C=O) groups is 2. The van der Waals surface area contributed by atoms with Gasteiger partial charge in [0.1, 0.15) is 12.6 Å². The lowest BCUT2D eigenvalue weighted by Gasteiger charge is -2.34. The first-order chi connectivity index (χ1) is 19.0. The van der Waals surface area contributed by atoms with Gasteiger partial charge in [-0.2, -0.15) is 0 Å². The molecule has 0 spiro atoms. The van der Waals surface area contributed by atoms with E-state index in [1.807, 2.05) is 44.2 Å². The van der Waals surface area contributed by atoms with Gasteiger partial charge in [-0.1, -0.05) is 54.1 Å². The monoisotopic (exact) mass is 585 g/mol. The normalized spacial score (nSPS) is 13.1. The Labute approximate surface area is 239 Å². The maximum atomic E-state index is 14.1. The van der Waals surface area contributed by atoms with Crippen molar-refractivity contribution in [2.24, 2.45) is 0 Å². The number of anilines is 1. The Bertz CT molecular complexity index is 1470. The van der Waals surface area contributed by atoms with Crippen molar-refractivity contribution in [2.75, 3.05) is 23.9 Å². The van der Waals surface area contributed by atoms with Crippen LogP contribution in [0.25, 0.3) is 0 Å². The number of nitrogens with one attached hydrogen (secondary N) is 1. The van der Waals surface area contributed by atoms with Gasteiger partial charge in [-0.25, -0.2) is 8.42 Å². The van der Waals surface area contributed by atoms with Crippen molar-refractivity contribution < 1.29 is 27.5 Å². The van der Waals surface area contributed by atoms with Crippen molar-refractivity contribution in [3.8, 4) is 11.5 Å². The van der Waals surface area contributed by atoms with E-state index in [4.69, 9.17) is 21.1 Å². The molecule has 11 heteroatoms. The molecule has 0 saturated heterocycles. The minimum absolute atomic E-state index is 0.0239. The molecule has 0 aliphatic carbocycles. The SMILES string of the molecule is CC(C)NC(=O)[C@@H](Cc1ccccc1)N(Cc1cccc(Cl)c1)C(=O)CN(c1ccc2c(c1)OCO2)S(C)(=O)=O. The Balaban J connectivity index is 1.73. The predicted octanol–water partition coefficient (Wildman–Crippen LogP) is 4.00. The van der Waals surface area contributed by atoms with Crippen LogP contribution < -0.4 is 19.1 Å². The summed E-state index contributed by atoms with van der Waals surface area (Å²) >= 11 is 6.23. The molecule has 3 aromatic rings. The van der Waals surface area contributed by atoms with Crippen LogP contribution in [-0.2, 0) is 32.6 Å². The van der Waals surface area contributed by atoms with E-state index in [1.165, 1.54) is 11.0 Å². The van der Waals surface area contributed by atoms with Crippen LogP contribution in [0.2, 0.25) is 5.02 Å². The van der Waals surface area contributed by atoms with Gasteiger partial charge in [0.25, 0.3) is 0 Å². The van der Waals surface area contributed by atoms with E-state index in [0.717, 1.165) is 16.1 Å². The van der Waals surface area contributed by atoms with E-state index >= 15 is 0 Å². The Hall–Kier alpha value is -3.76. The number of carbonyl (C=O) groups excluding carboxylic acids is 2. The molecule has 1 heterocycles. The molecule has 0 fully saturated rings. The standard InChI is InChI=1S/C29H32ClN3O6S/c1-20(2)31-29(35)25(15-21-8-5-4-6-9-21)32(17-22-10-7-11-23(30)14-22)28(34)18-33(40(3,36)37)24-12-13-26-27(16-24)39-19-38-26/h4-14,16,20,25H,15,17-19H2,1-3H3,(H,31,35)/t25-/m1/s1. The van der Waals surface area contributed by atoms with E-state index in [0.29, 0.717) is 22.1 Å². The highest BCUT2D eigenvalue weighted by Gasteiger charge is 2.33.